The van der Waals surface area contributed by atoms with E-state index < -0.39 is 37.2 Å². The summed E-state index contributed by atoms with van der Waals surface area (Å²) < 4.78 is 73.5. The van der Waals surface area contributed by atoms with Gasteiger partial charge < -0.3 is 0 Å². The molecule has 0 bridgehead atoms. The Balaban J connectivity index is 3.58. The number of aromatic nitrogens is 1. The lowest BCUT2D eigenvalue weighted by atomic mass is 10.2. The molecule has 0 aliphatic carbocycles. The van der Waals surface area contributed by atoms with Crippen molar-refractivity contribution in [3.8, 4) is 0 Å². The molecule has 0 aromatic carbocycles. The van der Waals surface area contributed by atoms with E-state index in [1.807, 2.05) is 0 Å². The van der Waals surface area contributed by atoms with Crippen molar-refractivity contribution < 1.29 is 13.7 Å². The maximum atomic E-state index is 7.93. The van der Waals surface area contributed by atoms with E-state index in [0.29, 0.717) is 11.3 Å². The van der Waals surface area contributed by atoms with Gasteiger partial charge in [-0.15, -0.1) is 11.3 Å². The third kappa shape index (κ3) is 1.58. The Bertz CT molecular complexity index is 483. The summed E-state index contributed by atoms with van der Waals surface area (Å²) >= 11 is 3.52. The monoisotopic (exact) mass is 229 g/mol. The Hall–Kier alpha value is 0.110. The van der Waals surface area contributed by atoms with Crippen LogP contribution in [-0.2, 0) is 0 Å². The number of rotatable bonds is 1. The lowest BCUT2D eigenvalue weighted by molar-refractivity contribution is 0.824. The predicted octanol–water partition coefficient (Wildman–Crippen LogP) is 3.34. The molecule has 10 heavy (non-hydrogen) atoms. The van der Waals surface area contributed by atoms with Crippen LogP contribution in [0.5, 0.6) is 0 Å². The van der Waals surface area contributed by atoms with Gasteiger partial charge >= 0.3 is 0 Å². The van der Waals surface area contributed by atoms with Crippen LogP contribution < -0.4 is 0 Å². The van der Waals surface area contributed by atoms with E-state index in [2.05, 4.69) is 20.9 Å². The van der Waals surface area contributed by atoms with Crippen molar-refractivity contribution in [1.82, 2.24) is 4.98 Å². The lowest BCUT2D eigenvalue weighted by Gasteiger charge is -1.97. The summed E-state index contributed by atoms with van der Waals surface area (Å²) in [5.41, 5.74) is -0.603. The second-order valence-corrected chi connectivity index (χ2v) is 3.83. The summed E-state index contributed by atoms with van der Waals surface area (Å²) in [5, 5.41) is -0.412. The summed E-state index contributed by atoms with van der Waals surface area (Å²) in [6.45, 7) is -8.99. The first kappa shape index (κ1) is 2.07. The molecular formula is C7H10BrNS. The molecule has 0 saturated heterocycles. The van der Waals surface area contributed by atoms with Crippen LogP contribution in [-0.4, -0.2) is 4.98 Å². The Morgan fingerprint density at radius 1 is 1.80 bits per heavy atom. The molecule has 1 heterocycles. The molecule has 1 rings (SSSR count). The second kappa shape index (κ2) is 3.01. The van der Waals surface area contributed by atoms with Gasteiger partial charge in [-0.2, -0.15) is 0 Å². The van der Waals surface area contributed by atoms with Gasteiger partial charge in [-0.05, 0) is 28.7 Å². The molecule has 0 N–H and O–H groups in total. The fraction of sp³-hybridized carbons (Fsp3) is 0.571. The summed E-state index contributed by atoms with van der Waals surface area (Å²) in [6.07, 6.45) is 0. The summed E-state index contributed by atoms with van der Waals surface area (Å²) in [6, 6.07) is 0. The van der Waals surface area contributed by atoms with Crippen LogP contribution in [0.1, 0.15) is 44.0 Å². The SMILES string of the molecule is [2H]C([2H])([2H])c1nc(C([2H])(C([2H])([2H])[2H])C([2H])([2H])[2H])c(Br)s1. The van der Waals surface area contributed by atoms with Crippen LogP contribution in [0.15, 0.2) is 3.79 Å². The van der Waals surface area contributed by atoms with E-state index in [-0.39, 0.29) is 3.79 Å². The van der Waals surface area contributed by atoms with Gasteiger partial charge in [-0.25, -0.2) is 4.98 Å². The highest BCUT2D eigenvalue weighted by Crippen LogP contribution is 2.29. The highest BCUT2D eigenvalue weighted by atomic mass is 79.9. The maximum absolute atomic E-state index is 7.93. The maximum Gasteiger partial charge on any atom is 0.0934 e. The van der Waals surface area contributed by atoms with Gasteiger partial charge in [-0.1, -0.05) is 13.7 Å². The molecule has 1 aromatic heterocycles. The molecule has 0 atom stereocenters. The molecule has 56 valence electrons. The number of aryl methyl sites for hydroxylation is 1. The zero-order chi connectivity index (χ0) is 16.1. The van der Waals surface area contributed by atoms with E-state index in [9.17, 15) is 0 Å². The molecule has 1 nitrogen and oxygen atoms in total. The van der Waals surface area contributed by atoms with Crippen LogP contribution in [0.4, 0.5) is 0 Å². The summed E-state index contributed by atoms with van der Waals surface area (Å²) in [7, 11) is 0. The van der Waals surface area contributed by atoms with Gasteiger partial charge in [0.15, 0.2) is 0 Å². The average molecular weight is 230 g/mol. The smallest absolute Gasteiger partial charge is 0.0934 e. The number of hydrogen-bond acceptors (Lipinski definition) is 2. The van der Waals surface area contributed by atoms with E-state index >= 15 is 0 Å². The Kier molecular flexibility index (Phi) is 0.624. The number of hydrogen-bond donors (Lipinski definition) is 0. The molecule has 3 heteroatoms. The quantitative estimate of drug-likeness (QED) is 0.721. The van der Waals surface area contributed by atoms with Crippen molar-refractivity contribution in [3.05, 3.63) is 14.5 Å². The van der Waals surface area contributed by atoms with Crippen LogP contribution in [0.2, 0.25) is 0 Å². The van der Waals surface area contributed by atoms with E-state index in [4.69, 9.17) is 13.7 Å². The zero-order valence-electron chi connectivity index (χ0n) is 14.7. The van der Waals surface area contributed by atoms with Crippen LogP contribution in [0.3, 0.4) is 0 Å². The Morgan fingerprint density at radius 2 is 2.60 bits per heavy atom. The number of nitrogens with zero attached hydrogens (tertiary/aromatic N) is 1. The third-order valence-electron chi connectivity index (χ3n) is 0.823. The van der Waals surface area contributed by atoms with Gasteiger partial charge in [0.05, 0.1) is 14.5 Å². The van der Waals surface area contributed by atoms with Crippen molar-refractivity contribution in [3.63, 3.8) is 0 Å². The number of thiazole rings is 1. The Labute approximate surface area is 87.7 Å². The minimum Gasteiger partial charge on any atom is -0.245 e. The molecule has 0 saturated carbocycles. The number of halogens is 1. The Morgan fingerprint density at radius 3 is 3.10 bits per heavy atom. The van der Waals surface area contributed by atoms with Gasteiger partial charge in [0.1, 0.15) is 0 Å². The first-order valence-electron chi connectivity index (χ1n) is 7.29. The summed E-state index contributed by atoms with van der Waals surface area (Å²) in [5.74, 6) is -3.00. The molecule has 0 fully saturated rings. The molecule has 0 spiro atoms. The van der Waals surface area contributed by atoms with Crippen molar-refractivity contribution in [2.45, 2.75) is 26.4 Å². The molecular weight excluding hydrogens is 210 g/mol. The first-order valence-corrected chi connectivity index (χ1v) is 3.90. The van der Waals surface area contributed by atoms with Crippen LogP contribution >= 0.6 is 27.3 Å². The minimum atomic E-state index is -3.19. The molecule has 0 unspecified atom stereocenters. The normalized spacial score (nSPS) is 30.5. The first-order chi connectivity index (χ1) is 8.62. The molecule has 0 amide bonds. The van der Waals surface area contributed by atoms with Crippen LogP contribution in [0.25, 0.3) is 0 Å². The van der Waals surface area contributed by atoms with Crippen molar-refractivity contribution in [1.29, 1.82) is 0 Å². The van der Waals surface area contributed by atoms with Crippen molar-refractivity contribution in [2.24, 2.45) is 0 Å². The molecule has 0 aliphatic rings. The van der Waals surface area contributed by atoms with E-state index in [1.54, 1.807) is 0 Å². The van der Waals surface area contributed by atoms with Gasteiger partial charge in [0.25, 0.3) is 0 Å². The highest BCUT2D eigenvalue weighted by molar-refractivity contribution is 9.11. The van der Waals surface area contributed by atoms with E-state index in [1.165, 1.54) is 0 Å². The van der Waals surface area contributed by atoms with Gasteiger partial charge in [0.2, 0.25) is 0 Å². The topological polar surface area (TPSA) is 12.9 Å². The van der Waals surface area contributed by atoms with E-state index in [0.717, 1.165) is 0 Å². The highest BCUT2D eigenvalue weighted by Gasteiger charge is 2.08. The van der Waals surface area contributed by atoms with Crippen LogP contribution in [0, 0.1) is 6.85 Å². The van der Waals surface area contributed by atoms with Gasteiger partial charge in [-0.3, -0.25) is 0 Å². The summed E-state index contributed by atoms with van der Waals surface area (Å²) in [4.78, 5) is 3.59. The fourth-order valence-corrected chi connectivity index (χ4v) is 1.75. The average Bonchev–Trinajstić information content (AvgIpc) is 2.55. The van der Waals surface area contributed by atoms with Crippen molar-refractivity contribution >= 4 is 27.3 Å². The molecule has 1 aromatic rings. The third-order valence-corrected chi connectivity index (χ3v) is 2.34. The lowest BCUT2D eigenvalue weighted by Crippen LogP contribution is -1.87. The second-order valence-electron chi connectivity index (χ2n) is 1.52. The molecule has 0 radical (unpaired) electrons. The zero-order valence-corrected chi connectivity index (χ0v) is 7.14. The van der Waals surface area contributed by atoms with Crippen molar-refractivity contribution in [2.75, 3.05) is 0 Å². The predicted molar refractivity (Wildman–Crippen MR) is 48.6 cm³/mol. The standard InChI is InChI=1S/C7H10BrNS/c1-4(2)6-7(8)10-5(3)9-6/h4H,1-3H3/i1D3,2D3,3D3,4D. The minimum absolute atomic E-state index is 0.0779. The molecule has 0 aliphatic heterocycles. The largest absolute Gasteiger partial charge is 0.245 e. The van der Waals surface area contributed by atoms with Gasteiger partial charge in [0, 0.05) is 13.7 Å². The fourth-order valence-electron chi connectivity index (χ4n) is 0.456.